The molecule has 80 valence electrons. The average molecular weight is 197 g/mol. The summed E-state index contributed by atoms with van der Waals surface area (Å²) in [5.74, 6) is 0. The highest BCUT2D eigenvalue weighted by atomic mass is 16.5. The van der Waals surface area contributed by atoms with Crippen LogP contribution in [0.15, 0.2) is 12.5 Å². The van der Waals surface area contributed by atoms with Gasteiger partial charge in [0.25, 0.3) is 0 Å². The topological polar surface area (TPSA) is 18.0 Å². The Balaban J connectivity index is 2.41. The molecule has 14 heavy (non-hydrogen) atoms. The standard InChI is InChI=1S/C11H21N2O/c1-4-7-14-8-6-13-10-12(3)9-11(13)5-2/h9-10H,4-8H2,1-3H3/q+1. The Morgan fingerprint density at radius 1 is 1.36 bits per heavy atom. The summed E-state index contributed by atoms with van der Waals surface area (Å²) in [6, 6.07) is 0. The van der Waals surface area contributed by atoms with Gasteiger partial charge in [-0.1, -0.05) is 13.8 Å². The predicted octanol–water partition coefficient (Wildman–Crippen LogP) is 1.30. The van der Waals surface area contributed by atoms with Gasteiger partial charge >= 0.3 is 0 Å². The van der Waals surface area contributed by atoms with Gasteiger partial charge in [0.05, 0.1) is 13.7 Å². The summed E-state index contributed by atoms with van der Waals surface area (Å²) in [7, 11) is 2.06. The molecule has 0 fully saturated rings. The second-order valence-corrected chi connectivity index (χ2v) is 3.56. The number of rotatable bonds is 6. The maximum absolute atomic E-state index is 5.47. The number of aromatic nitrogens is 2. The molecule has 0 saturated carbocycles. The van der Waals surface area contributed by atoms with Crippen LogP contribution in [0.1, 0.15) is 26.0 Å². The van der Waals surface area contributed by atoms with Crippen LogP contribution in [-0.4, -0.2) is 17.8 Å². The molecule has 0 bridgehead atoms. The molecule has 3 nitrogen and oxygen atoms in total. The van der Waals surface area contributed by atoms with E-state index in [1.165, 1.54) is 5.69 Å². The maximum atomic E-state index is 5.47. The number of hydrogen-bond acceptors (Lipinski definition) is 1. The fraction of sp³-hybridized carbons (Fsp3) is 0.727. The Bertz CT molecular complexity index is 268. The van der Waals surface area contributed by atoms with Crippen LogP contribution in [0.5, 0.6) is 0 Å². The van der Waals surface area contributed by atoms with Crippen molar-refractivity contribution >= 4 is 0 Å². The lowest BCUT2D eigenvalue weighted by Crippen LogP contribution is -2.24. The van der Waals surface area contributed by atoms with Crippen molar-refractivity contribution in [3.05, 3.63) is 18.2 Å². The summed E-state index contributed by atoms with van der Waals surface area (Å²) in [6.07, 6.45) is 6.46. The van der Waals surface area contributed by atoms with Crippen LogP contribution >= 0.6 is 0 Å². The Kier molecular flexibility index (Phi) is 4.66. The van der Waals surface area contributed by atoms with Gasteiger partial charge in [0, 0.05) is 13.0 Å². The van der Waals surface area contributed by atoms with Crippen LogP contribution in [0.2, 0.25) is 0 Å². The molecular formula is C11H21N2O+. The first-order chi connectivity index (χ1) is 6.77. The highest BCUT2D eigenvalue weighted by molar-refractivity contribution is 4.92. The van der Waals surface area contributed by atoms with Crippen LogP contribution in [0.3, 0.4) is 0 Å². The predicted molar refractivity (Wildman–Crippen MR) is 56.1 cm³/mol. The highest BCUT2D eigenvalue weighted by Crippen LogP contribution is 1.98. The maximum Gasteiger partial charge on any atom is 0.243 e. The Morgan fingerprint density at radius 2 is 2.14 bits per heavy atom. The average Bonchev–Trinajstić information content (AvgIpc) is 2.54. The lowest BCUT2D eigenvalue weighted by Gasteiger charge is -2.01. The summed E-state index contributed by atoms with van der Waals surface area (Å²) in [4.78, 5) is 0. The normalized spacial score (nSPS) is 10.8. The zero-order chi connectivity index (χ0) is 10.4. The molecule has 3 heteroatoms. The number of nitrogens with zero attached hydrogens (tertiary/aromatic N) is 2. The monoisotopic (exact) mass is 197 g/mol. The van der Waals surface area contributed by atoms with Crippen LogP contribution in [0.4, 0.5) is 0 Å². The molecular weight excluding hydrogens is 176 g/mol. The minimum atomic E-state index is 0.815. The summed E-state index contributed by atoms with van der Waals surface area (Å²) >= 11 is 0. The third-order valence-corrected chi connectivity index (χ3v) is 2.23. The molecule has 0 radical (unpaired) electrons. The van der Waals surface area contributed by atoms with Crippen LogP contribution in [0.25, 0.3) is 0 Å². The molecule has 0 aliphatic heterocycles. The van der Waals surface area contributed by atoms with Crippen molar-refractivity contribution in [2.24, 2.45) is 7.05 Å². The number of aryl methyl sites for hydroxylation is 2. The van der Waals surface area contributed by atoms with Gasteiger partial charge in [0.15, 0.2) is 0 Å². The highest BCUT2D eigenvalue weighted by Gasteiger charge is 2.08. The second-order valence-electron chi connectivity index (χ2n) is 3.56. The number of imidazole rings is 1. The fourth-order valence-corrected chi connectivity index (χ4v) is 1.54. The Morgan fingerprint density at radius 3 is 2.79 bits per heavy atom. The molecule has 0 spiro atoms. The molecule has 0 aliphatic carbocycles. The van der Waals surface area contributed by atoms with E-state index in [0.29, 0.717) is 0 Å². The molecule has 0 amide bonds. The lowest BCUT2D eigenvalue weighted by molar-refractivity contribution is -0.671. The zero-order valence-electron chi connectivity index (χ0n) is 9.49. The van der Waals surface area contributed by atoms with Crippen molar-refractivity contribution in [3.8, 4) is 0 Å². The molecule has 1 rings (SSSR count). The van der Waals surface area contributed by atoms with E-state index in [1.54, 1.807) is 0 Å². The molecule has 0 N–H and O–H groups in total. The number of hydrogen-bond donors (Lipinski definition) is 0. The smallest absolute Gasteiger partial charge is 0.243 e. The molecule has 0 aliphatic rings. The largest absolute Gasteiger partial charge is 0.377 e. The van der Waals surface area contributed by atoms with E-state index in [-0.39, 0.29) is 0 Å². The third-order valence-electron chi connectivity index (χ3n) is 2.23. The minimum absolute atomic E-state index is 0.815. The summed E-state index contributed by atoms with van der Waals surface area (Å²) in [5, 5.41) is 0. The van der Waals surface area contributed by atoms with Gasteiger partial charge in [-0.2, -0.15) is 0 Å². The Labute approximate surface area is 86.3 Å². The molecule has 1 aromatic heterocycles. The Hall–Kier alpha value is -0.830. The van der Waals surface area contributed by atoms with E-state index in [0.717, 1.165) is 32.6 Å². The van der Waals surface area contributed by atoms with Gasteiger partial charge in [-0.05, 0) is 6.42 Å². The van der Waals surface area contributed by atoms with Crippen molar-refractivity contribution in [2.75, 3.05) is 13.2 Å². The summed E-state index contributed by atoms with van der Waals surface area (Å²) < 4.78 is 9.82. The third kappa shape index (κ3) is 3.14. The van der Waals surface area contributed by atoms with Crippen LogP contribution in [0, 0.1) is 0 Å². The van der Waals surface area contributed by atoms with E-state index < -0.39 is 0 Å². The van der Waals surface area contributed by atoms with Gasteiger partial charge in [0.1, 0.15) is 18.4 Å². The molecule has 1 heterocycles. The van der Waals surface area contributed by atoms with E-state index >= 15 is 0 Å². The number of ether oxygens (including phenoxy) is 1. The van der Waals surface area contributed by atoms with Crippen molar-refractivity contribution < 1.29 is 9.30 Å². The first-order valence-corrected chi connectivity index (χ1v) is 5.40. The molecule has 0 saturated heterocycles. The van der Waals surface area contributed by atoms with Crippen LogP contribution < -0.4 is 4.57 Å². The van der Waals surface area contributed by atoms with Crippen molar-refractivity contribution in [1.82, 2.24) is 4.57 Å². The minimum Gasteiger partial charge on any atom is -0.377 e. The van der Waals surface area contributed by atoms with E-state index in [9.17, 15) is 0 Å². The molecule has 0 unspecified atom stereocenters. The molecule has 0 aromatic carbocycles. The van der Waals surface area contributed by atoms with Crippen molar-refractivity contribution in [1.29, 1.82) is 0 Å². The SMILES string of the molecule is CCCOCCn1c[n+](C)cc1CC. The quantitative estimate of drug-likeness (QED) is 0.496. The van der Waals surface area contributed by atoms with Crippen molar-refractivity contribution in [2.45, 2.75) is 33.2 Å². The van der Waals surface area contributed by atoms with Gasteiger partial charge < -0.3 is 4.74 Å². The lowest BCUT2D eigenvalue weighted by atomic mass is 10.3. The van der Waals surface area contributed by atoms with Gasteiger partial charge in [-0.15, -0.1) is 0 Å². The van der Waals surface area contributed by atoms with Gasteiger partial charge in [-0.3, -0.25) is 0 Å². The first kappa shape index (κ1) is 11.2. The van der Waals surface area contributed by atoms with E-state index in [4.69, 9.17) is 4.74 Å². The van der Waals surface area contributed by atoms with Crippen molar-refractivity contribution in [3.63, 3.8) is 0 Å². The van der Waals surface area contributed by atoms with Gasteiger partial charge in [-0.25, -0.2) is 9.13 Å². The zero-order valence-corrected chi connectivity index (χ0v) is 9.49. The fourth-order valence-electron chi connectivity index (χ4n) is 1.54. The molecule has 0 atom stereocenters. The summed E-state index contributed by atoms with van der Waals surface area (Å²) in [6.45, 7) is 6.96. The van der Waals surface area contributed by atoms with Gasteiger partial charge in [0.2, 0.25) is 6.33 Å². The molecule has 1 aromatic rings. The van der Waals surface area contributed by atoms with Crippen LogP contribution in [-0.2, 0) is 24.8 Å². The van der Waals surface area contributed by atoms with E-state index in [2.05, 4.69) is 42.6 Å². The summed E-state index contributed by atoms with van der Waals surface area (Å²) in [5.41, 5.74) is 1.37. The first-order valence-electron chi connectivity index (χ1n) is 5.40. The second kappa shape index (κ2) is 5.81. The van der Waals surface area contributed by atoms with E-state index in [1.807, 2.05) is 0 Å².